The van der Waals surface area contributed by atoms with Crippen LogP contribution in [0.4, 0.5) is 19.3 Å². The Bertz CT molecular complexity index is 517. The largest absolute Gasteiger partial charge is 0.481 e. The highest BCUT2D eigenvalue weighted by atomic mass is 79.9. The Balaban J connectivity index is 2.64. The van der Waals surface area contributed by atoms with Crippen LogP contribution in [0.1, 0.15) is 19.8 Å². The molecule has 1 aromatic carbocycles. The predicted molar refractivity (Wildman–Crippen MR) is 77.1 cm³/mol. The third-order valence-electron chi connectivity index (χ3n) is 2.74. The number of hydrogen-bond donors (Lipinski definition) is 3. The maximum absolute atomic E-state index is 13.5. The molecular formula is C13H15BrF2N2O3. The molecular weight excluding hydrogens is 350 g/mol. The Hall–Kier alpha value is -1.70. The zero-order valence-corrected chi connectivity index (χ0v) is 12.8. The summed E-state index contributed by atoms with van der Waals surface area (Å²) in [6.07, 6.45) is 1.09. The maximum Gasteiger partial charge on any atom is 0.319 e. The van der Waals surface area contributed by atoms with E-state index in [1.54, 1.807) is 0 Å². The molecule has 3 N–H and O–H groups in total. The minimum atomic E-state index is -1.01. The molecule has 0 aliphatic carbocycles. The lowest BCUT2D eigenvalue weighted by Gasteiger charge is -2.14. The highest BCUT2D eigenvalue weighted by Crippen LogP contribution is 2.26. The van der Waals surface area contributed by atoms with Gasteiger partial charge in [0.25, 0.3) is 0 Å². The van der Waals surface area contributed by atoms with Crippen molar-refractivity contribution in [2.45, 2.75) is 19.8 Å². The summed E-state index contributed by atoms with van der Waals surface area (Å²) in [7, 11) is 0. The molecule has 1 aromatic rings. The van der Waals surface area contributed by atoms with E-state index < -0.39 is 29.6 Å². The van der Waals surface area contributed by atoms with Crippen LogP contribution < -0.4 is 10.6 Å². The summed E-state index contributed by atoms with van der Waals surface area (Å²) in [5, 5.41) is 13.5. The fraction of sp³-hybridized carbons (Fsp3) is 0.385. The molecule has 0 fully saturated rings. The fourth-order valence-electron chi connectivity index (χ4n) is 1.70. The number of benzene rings is 1. The van der Waals surface area contributed by atoms with E-state index in [2.05, 4.69) is 26.6 Å². The molecule has 2 amide bonds. The number of carbonyl (C=O) groups excluding carboxylic acids is 1. The molecule has 0 spiro atoms. The van der Waals surface area contributed by atoms with Crippen LogP contribution in [0.5, 0.6) is 0 Å². The second-order valence-electron chi connectivity index (χ2n) is 4.40. The molecule has 0 aliphatic rings. The summed E-state index contributed by atoms with van der Waals surface area (Å²) in [6.45, 7) is 1.76. The van der Waals surface area contributed by atoms with Gasteiger partial charge in [0.05, 0.1) is 11.6 Å². The van der Waals surface area contributed by atoms with E-state index in [9.17, 15) is 18.4 Å². The number of anilines is 1. The van der Waals surface area contributed by atoms with Crippen molar-refractivity contribution in [2.24, 2.45) is 5.92 Å². The molecule has 0 aliphatic heterocycles. The van der Waals surface area contributed by atoms with Gasteiger partial charge in [-0.1, -0.05) is 13.3 Å². The Labute approximate surface area is 128 Å². The second-order valence-corrected chi connectivity index (χ2v) is 5.26. The molecule has 8 heteroatoms. The highest BCUT2D eigenvalue weighted by molar-refractivity contribution is 9.10. The first-order valence-electron chi connectivity index (χ1n) is 6.27. The smallest absolute Gasteiger partial charge is 0.319 e. The fourth-order valence-corrected chi connectivity index (χ4v) is 2.20. The van der Waals surface area contributed by atoms with Gasteiger partial charge in [-0.3, -0.25) is 4.79 Å². The molecule has 1 atom stereocenters. The number of halogens is 3. The number of carbonyl (C=O) groups is 2. The first kappa shape index (κ1) is 17.4. The lowest BCUT2D eigenvalue weighted by Crippen LogP contribution is -2.36. The molecule has 0 saturated heterocycles. The number of rotatable bonds is 6. The van der Waals surface area contributed by atoms with Crippen molar-refractivity contribution in [3.05, 3.63) is 28.2 Å². The van der Waals surface area contributed by atoms with Gasteiger partial charge < -0.3 is 15.7 Å². The third kappa shape index (κ3) is 5.30. The number of carboxylic acid groups (broad SMARTS) is 1. The van der Waals surface area contributed by atoms with Gasteiger partial charge in [-0.25, -0.2) is 13.6 Å². The van der Waals surface area contributed by atoms with E-state index in [0.29, 0.717) is 18.9 Å². The zero-order chi connectivity index (χ0) is 16.0. The van der Waals surface area contributed by atoms with Gasteiger partial charge in [0.2, 0.25) is 0 Å². The quantitative estimate of drug-likeness (QED) is 0.724. The van der Waals surface area contributed by atoms with E-state index in [1.807, 2.05) is 6.92 Å². The average Bonchev–Trinajstić information content (AvgIpc) is 2.38. The first-order chi connectivity index (χ1) is 9.85. The van der Waals surface area contributed by atoms with Gasteiger partial charge in [-0.15, -0.1) is 0 Å². The number of amides is 2. The summed E-state index contributed by atoms with van der Waals surface area (Å²) in [5.41, 5.74) is -0.212. The second kappa shape index (κ2) is 7.92. The SMILES string of the molecule is CCCC(CNC(=O)Nc1c(F)cc(F)cc1Br)C(=O)O. The number of urea groups is 1. The summed E-state index contributed by atoms with van der Waals surface area (Å²) in [6, 6.07) is 0.886. The van der Waals surface area contributed by atoms with Crippen LogP contribution in [-0.2, 0) is 4.79 Å². The minimum Gasteiger partial charge on any atom is -0.481 e. The van der Waals surface area contributed by atoms with Crippen molar-refractivity contribution < 1.29 is 23.5 Å². The molecule has 5 nitrogen and oxygen atoms in total. The molecule has 0 saturated carbocycles. The molecule has 116 valence electrons. The van der Waals surface area contributed by atoms with Gasteiger partial charge >= 0.3 is 12.0 Å². The summed E-state index contributed by atoms with van der Waals surface area (Å²) in [4.78, 5) is 22.6. The molecule has 0 bridgehead atoms. The lowest BCUT2D eigenvalue weighted by molar-refractivity contribution is -0.141. The number of aliphatic carboxylic acids is 1. The number of carboxylic acids is 1. The number of nitrogens with one attached hydrogen (secondary N) is 2. The molecule has 0 radical (unpaired) electrons. The van der Waals surface area contributed by atoms with Gasteiger partial charge in [0.15, 0.2) is 5.82 Å². The Kier molecular flexibility index (Phi) is 6.54. The normalized spacial score (nSPS) is 11.8. The summed E-state index contributed by atoms with van der Waals surface area (Å²) in [5.74, 6) is -3.42. The van der Waals surface area contributed by atoms with E-state index >= 15 is 0 Å². The minimum absolute atomic E-state index is 0.0542. The predicted octanol–water partition coefficient (Wildman–Crippen LogP) is 3.35. The molecule has 0 heterocycles. The molecule has 1 unspecified atom stereocenters. The van der Waals surface area contributed by atoms with E-state index in [0.717, 1.165) is 6.07 Å². The van der Waals surface area contributed by atoms with Crippen molar-refractivity contribution in [1.29, 1.82) is 0 Å². The van der Waals surface area contributed by atoms with E-state index in [-0.39, 0.29) is 16.7 Å². The molecule has 0 aromatic heterocycles. The summed E-state index contributed by atoms with van der Waals surface area (Å²) >= 11 is 2.94. The lowest BCUT2D eigenvalue weighted by atomic mass is 10.0. The molecule has 1 rings (SSSR count). The van der Waals surface area contributed by atoms with E-state index in [4.69, 9.17) is 5.11 Å². The summed E-state index contributed by atoms with van der Waals surface area (Å²) < 4.78 is 26.5. The average molecular weight is 365 g/mol. The third-order valence-corrected chi connectivity index (χ3v) is 3.37. The van der Waals surface area contributed by atoms with Crippen molar-refractivity contribution in [2.75, 3.05) is 11.9 Å². The standard InChI is InChI=1S/C13H15BrF2N2O3/c1-2-3-7(12(19)20)6-17-13(21)18-11-9(14)4-8(15)5-10(11)16/h4-5,7H,2-3,6H2,1H3,(H,19,20)(H2,17,18,21). The van der Waals surface area contributed by atoms with Gasteiger partial charge in [-0.2, -0.15) is 0 Å². The van der Waals surface area contributed by atoms with Crippen LogP contribution in [0, 0.1) is 17.6 Å². The van der Waals surface area contributed by atoms with E-state index in [1.165, 1.54) is 0 Å². The van der Waals surface area contributed by atoms with Crippen LogP contribution in [0.15, 0.2) is 16.6 Å². The maximum atomic E-state index is 13.5. The Morgan fingerprint density at radius 2 is 2.05 bits per heavy atom. The van der Waals surface area contributed by atoms with Crippen LogP contribution in [-0.4, -0.2) is 23.7 Å². The zero-order valence-electron chi connectivity index (χ0n) is 11.3. The van der Waals surface area contributed by atoms with Gasteiger partial charge in [0.1, 0.15) is 5.82 Å². The van der Waals surface area contributed by atoms with Crippen LogP contribution in [0.3, 0.4) is 0 Å². The van der Waals surface area contributed by atoms with Crippen LogP contribution >= 0.6 is 15.9 Å². The van der Waals surface area contributed by atoms with Crippen LogP contribution in [0.2, 0.25) is 0 Å². The number of hydrogen-bond acceptors (Lipinski definition) is 2. The van der Waals surface area contributed by atoms with Gasteiger partial charge in [0, 0.05) is 17.1 Å². The van der Waals surface area contributed by atoms with Crippen LogP contribution in [0.25, 0.3) is 0 Å². The van der Waals surface area contributed by atoms with Crippen molar-refractivity contribution in [1.82, 2.24) is 5.32 Å². The first-order valence-corrected chi connectivity index (χ1v) is 7.06. The van der Waals surface area contributed by atoms with Crippen molar-refractivity contribution in [3.63, 3.8) is 0 Å². The molecule has 21 heavy (non-hydrogen) atoms. The van der Waals surface area contributed by atoms with Crippen molar-refractivity contribution in [3.8, 4) is 0 Å². The van der Waals surface area contributed by atoms with Crippen molar-refractivity contribution >= 4 is 33.6 Å². The topological polar surface area (TPSA) is 78.4 Å². The Morgan fingerprint density at radius 1 is 1.38 bits per heavy atom. The monoisotopic (exact) mass is 364 g/mol. The highest BCUT2D eigenvalue weighted by Gasteiger charge is 2.18. The van der Waals surface area contributed by atoms with Gasteiger partial charge in [-0.05, 0) is 28.4 Å². The Morgan fingerprint density at radius 3 is 2.57 bits per heavy atom.